The van der Waals surface area contributed by atoms with Crippen molar-refractivity contribution in [3.8, 4) is 0 Å². The van der Waals surface area contributed by atoms with Gasteiger partial charge in [0.05, 0.1) is 0 Å². The fourth-order valence-electron chi connectivity index (χ4n) is 3.70. The second kappa shape index (κ2) is 4.06. The minimum absolute atomic E-state index is 0.313. The largest absolute Gasteiger partial charge is 0.298 e. The SMILES string of the molecule is CC(C)(C)N1CCC2(CCc3cccnc32)CC1. The minimum Gasteiger partial charge on any atom is -0.298 e. The van der Waals surface area contributed by atoms with E-state index in [1.807, 2.05) is 6.20 Å². The van der Waals surface area contributed by atoms with Crippen molar-refractivity contribution in [2.45, 2.75) is 57.4 Å². The molecular formula is C16H24N2. The van der Waals surface area contributed by atoms with E-state index in [1.165, 1.54) is 50.0 Å². The Hall–Kier alpha value is -0.890. The summed E-state index contributed by atoms with van der Waals surface area (Å²) in [5.41, 5.74) is 3.63. The summed E-state index contributed by atoms with van der Waals surface area (Å²) in [6.45, 7) is 9.42. The molecule has 0 aromatic carbocycles. The minimum atomic E-state index is 0.313. The van der Waals surface area contributed by atoms with E-state index in [9.17, 15) is 0 Å². The van der Waals surface area contributed by atoms with Gasteiger partial charge in [0.15, 0.2) is 0 Å². The number of rotatable bonds is 0. The van der Waals surface area contributed by atoms with Crippen LogP contribution in [-0.2, 0) is 11.8 Å². The van der Waals surface area contributed by atoms with Crippen molar-refractivity contribution in [2.24, 2.45) is 0 Å². The lowest BCUT2D eigenvalue weighted by Crippen LogP contribution is -2.50. The molecule has 2 aliphatic rings. The second-order valence-corrected chi connectivity index (χ2v) is 6.95. The number of aromatic nitrogens is 1. The molecule has 0 saturated carbocycles. The molecule has 1 saturated heterocycles. The van der Waals surface area contributed by atoms with E-state index >= 15 is 0 Å². The molecule has 0 atom stereocenters. The molecule has 0 bridgehead atoms. The average molecular weight is 244 g/mol. The Morgan fingerprint density at radius 2 is 1.89 bits per heavy atom. The molecule has 98 valence electrons. The van der Waals surface area contributed by atoms with Gasteiger partial charge in [-0.3, -0.25) is 9.88 Å². The summed E-state index contributed by atoms with van der Waals surface area (Å²) in [7, 11) is 0. The fraction of sp³-hybridized carbons (Fsp3) is 0.688. The summed E-state index contributed by atoms with van der Waals surface area (Å²) in [5, 5.41) is 0. The third kappa shape index (κ3) is 1.87. The first-order valence-electron chi connectivity index (χ1n) is 7.21. The molecule has 1 aromatic heterocycles. The summed E-state index contributed by atoms with van der Waals surface area (Å²) >= 11 is 0. The quantitative estimate of drug-likeness (QED) is 0.697. The van der Waals surface area contributed by atoms with Crippen molar-refractivity contribution in [2.75, 3.05) is 13.1 Å². The number of hydrogen-bond donors (Lipinski definition) is 0. The Labute approximate surface area is 110 Å². The van der Waals surface area contributed by atoms with Gasteiger partial charge in [0.1, 0.15) is 0 Å². The predicted molar refractivity (Wildman–Crippen MR) is 74.8 cm³/mol. The zero-order valence-corrected chi connectivity index (χ0v) is 11.9. The highest BCUT2D eigenvalue weighted by Crippen LogP contribution is 2.45. The average Bonchev–Trinajstić information content (AvgIpc) is 2.69. The highest BCUT2D eigenvalue weighted by Gasteiger charge is 2.43. The molecule has 0 amide bonds. The van der Waals surface area contributed by atoms with E-state index in [4.69, 9.17) is 4.98 Å². The van der Waals surface area contributed by atoms with Crippen molar-refractivity contribution in [1.82, 2.24) is 9.88 Å². The lowest BCUT2D eigenvalue weighted by atomic mass is 9.75. The smallest absolute Gasteiger partial charge is 0.0498 e. The van der Waals surface area contributed by atoms with Crippen LogP contribution in [0.3, 0.4) is 0 Å². The van der Waals surface area contributed by atoms with Crippen molar-refractivity contribution in [1.29, 1.82) is 0 Å². The van der Waals surface area contributed by atoms with E-state index in [0.29, 0.717) is 11.0 Å². The molecule has 1 aliphatic heterocycles. The molecule has 2 heteroatoms. The van der Waals surface area contributed by atoms with Gasteiger partial charge in [-0.1, -0.05) is 6.07 Å². The van der Waals surface area contributed by atoms with Gasteiger partial charge < -0.3 is 0 Å². The van der Waals surface area contributed by atoms with Crippen molar-refractivity contribution >= 4 is 0 Å². The number of fused-ring (bicyclic) bond motifs is 2. The van der Waals surface area contributed by atoms with Crippen LogP contribution in [0.1, 0.15) is 51.3 Å². The van der Waals surface area contributed by atoms with Crippen LogP contribution in [0.15, 0.2) is 18.3 Å². The van der Waals surface area contributed by atoms with E-state index in [0.717, 1.165) is 0 Å². The standard InChI is InChI=1S/C16H24N2/c1-15(2,3)18-11-8-16(9-12-18)7-6-13-5-4-10-17-14(13)16/h4-5,10H,6-9,11-12H2,1-3H3. The highest BCUT2D eigenvalue weighted by atomic mass is 15.2. The maximum atomic E-state index is 4.70. The zero-order chi connectivity index (χ0) is 12.8. The molecule has 1 fully saturated rings. The Morgan fingerprint density at radius 1 is 1.17 bits per heavy atom. The maximum Gasteiger partial charge on any atom is 0.0498 e. The van der Waals surface area contributed by atoms with Gasteiger partial charge in [-0.15, -0.1) is 0 Å². The summed E-state index contributed by atoms with van der Waals surface area (Å²) < 4.78 is 0. The fourth-order valence-corrected chi connectivity index (χ4v) is 3.70. The Balaban J connectivity index is 1.81. The van der Waals surface area contributed by atoms with Crippen LogP contribution in [0.2, 0.25) is 0 Å². The Morgan fingerprint density at radius 3 is 2.56 bits per heavy atom. The first-order chi connectivity index (χ1) is 8.51. The number of nitrogens with zero attached hydrogens (tertiary/aromatic N) is 2. The van der Waals surface area contributed by atoms with Crippen molar-refractivity contribution in [3.63, 3.8) is 0 Å². The molecule has 2 nitrogen and oxygen atoms in total. The molecule has 18 heavy (non-hydrogen) atoms. The zero-order valence-electron chi connectivity index (χ0n) is 11.9. The summed E-state index contributed by atoms with van der Waals surface area (Å²) in [4.78, 5) is 7.33. The third-order valence-electron chi connectivity index (χ3n) is 4.94. The van der Waals surface area contributed by atoms with Gasteiger partial charge in [-0.2, -0.15) is 0 Å². The molecule has 0 radical (unpaired) electrons. The van der Waals surface area contributed by atoms with Gasteiger partial charge in [0, 0.05) is 22.8 Å². The Bertz CT molecular complexity index is 437. The number of pyridine rings is 1. The van der Waals surface area contributed by atoms with Gasteiger partial charge in [-0.05, 0) is 71.2 Å². The molecule has 1 spiro atoms. The lowest BCUT2D eigenvalue weighted by Gasteiger charge is -2.45. The second-order valence-electron chi connectivity index (χ2n) is 6.95. The lowest BCUT2D eigenvalue weighted by molar-refractivity contribution is 0.0732. The van der Waals surface area contributed by atoms with Crippen LogP contribution in [0.5, 0.6) is 0 Å². The molecule has 0 N–H and O–H groups in total. The van der Waals surface area contributed by atoms with Crippen LogP contribution in [0.4, 0.5) is 0 Å². The molecule has 1 aliphatic carbocycles. The van der Waals surface area contributed by atoms with E-state index in [-0.39, 0.29) is 0 Å². The van der Waals surface area contributed by atoms with Gasteiger partial charge in [-0.25, -0.2) is 0 Å². The van der Waals surface area contributed by atoms with Crippen molar-refractivity contribution < 1.29 is 0 Å². The van der Waals surface area contributed by atoms with Crippen molar-refractivity contribution in [3.05, 3.63) is 29.6 Å². The number of aryl methyl sites for hydroxylation is 1. The molecule has 3 rings (SSSR count). The molecule has 2 heterocycles. The summed E-state index contributed by atoms with van der Waals surface area (Å²) in [6, 6.07) is 4.36. The summed E-state index contributed by atoms with van der Waals surface area (Å²) in [6.07, 6.45) is 7.10. The van der Waals surface area contributed by atoms with E-state index in [1.54, 1.807) is 0 Å². The number of hydrogen-bond acceptors (Lipinski definition) is 2. The number of likely N-dealkylation sites (tertiary alicyclic amines) is 1. The molecular weight excluding hydrogens is 220 g/mol. The monoisotopic (exact) mass is 244 g/mol. The van der Waals surface area contributed by atoms with E-state index < -0.39 is 0 Å². The summed E-state index contributed by atoms with van der Waals surface area (Å²) in [5.74, 6) is 0. The van der Waals surface area contributed by atoms with Crippen LogP contribution in [0.25, 0.3) is 0 Å². The first-order valence-corrected chi connectivity index (χ1v) is 7.21. The van der Waals surface area contributed by atoms with Crippen LogP contribution < -0.4 is 0 Å². The first kappa shape index (κ1) is 12.2. The van der Waals surface area contributed by atoms with Crippen LogP contribution in [0, 0.1) is 0 Å². The van der Waals surface area contributed by atoms with Crippen LogP contribution in [-0.4, -0.2) is 28.5 Å². The van der Waals surface area contributed by atoms with Gasteiger partial charge in [0.25, 0.3) is 0 Å². The Kier molecular flexibility index (Phi) is 2.74. The normalized spacial score (nSPS) is 23.3. The molecule has 1 aromatic rings. The number of piperidine rings is 1. The van der Waals surface area contributed by atoms with E-state index in [2.05, 4.69) is 37.8 Å². The highest BCUT2D eigenvalue weighted by molar-refractivity contribution is 5.34. The maximum absolute atomic E-state index is 4.70. The van der Waals surface area contributed by atoms with Gasteiger partial charge >= 0.3 is 0 Å². The predicted octanol–water partition coefficient (Wildman–Crippen LogP) is 3.16. The topological polar surface area (TPSA) is 16.1 Å². The van der Waals surface area contributed by atoms with Crippen LogP contribution >= 0.6 is 0 Å². The molecule has 0 unspecified atom stereocenters. The van der Waals surface area contributed by atoms with Gasteiger partial charge in [0.2, 0.25) is 0 Å². The third-order valence-corrected chi connectivity index (χ3v) is 4.94.